The minimum absolute atomic E-state index is 0.0105. The zero-order chi connectivity index (χ0) is 14.7. The highest BCUT2D eigenvalue weighted by molar-refractivity contribution is 7.22. The van der Waals surface area contributed by atoms with Crippen molar-refractivity contribution in [1.29, 1.82) is 0 Å². The lowest BCUT2D eigenvalue weighted by Crippen LogP contribution is -2.40. The normalized spacial score (nSPS) is 18.2. The van der Waals surface area contributed by atoms with Crippen molar-refractivity contribution in [2.45, 2.75) is 18.9 Å². The number of ether oxygens (including phenoxy) is 2. The Bertz CT molecular complexity index is 589. The van der Waals surface area contributed by atoms with Crippen LogP contribution in [0, 0.1) is 0 Å². The molecule has 5 nitrogen and oxygen atoms in total. The summed E-state index contributed by atoms with van der Waals surface area (Å²) >= 11 is 1.53. The molecule has 1 unspecified atom stereocenters. The fraction of sp³-hybridized carbons (Fsp3) is 0.467. The summed E-state index contributed by atoms with van der Waals surface area (Å²) in [5, 5.41) is 0.716. The Morgan fingerprint density at radius 2 is 2.38 bits per heavy atom. The summed E-state index contributed by atoms with van der Waals surface area (Å²) in [5.74, 6) is -0.0105. The van der Waals surface area contributed by atoms with Crippen molar-refractivity contribution in [2.24, 2.45) is 0 Å². The molecule has 3 rings (SSSR count). The minimum Gasteiger partial charge on any atom is -0.383 e. The average molecular weight is 306 g/mol. The summed E-state index contributed by atoms with van der Waals surface area (Å²) in [7, 11) is 1.63. The summed E-state index contributed by atoms with van der Waals surface area (Å²) in [5.41, 5.74) is 0.917. The summed E-state index contributed by atoms with van der Waals surface area (Å²) in [6.07, 6.45) is 1.38. The molecule has 1 aromatic heterocycles. The first-order valence-corrected chi connectivity index (χ1v) is 7.89. The van der Waals surface area contributed by atoms with Crippen LogP contribution < -0.4 is 4.90 Å². The van der Waals surface area contributed by atoms with Gasteiger partial charge in [0.25, 0.3) is 5.91 Å². The van der Waals surface area contributed by atoms with Crippen molar-refractivity contribution in [3.8, 4) is 0 Å². The van der Waals surface area contributed by atoms with Gasteiger partial charge in [0, 0.05) is 13.7 Å². The maximum absolute atomic E-state index is 12.6. The van der Waals surface area contributed by atoms with E-state index in [0.29, 0.717) is 24.9 Å². The van der Waals surface area contributed by atoms with Crippen LogP contribution in [0.2, 0.25) is 0 Å². The fourth-order valence-electron chi connectivity index (χ4n) is 2.40. The van der Waals surface area contributed by atoms with Gasteiger partial charge in [0.2, 0.25) is 0 Å². The van der Waals surface area contributed by atoms with E-state index in [1.807, 2.05) is 24.3 Å². The molecular weight excluding hydrogens is 288 g/mol. The van der Waals surface area contributed by atoms with Gasteiger partial charge in [-0.1, -0.05) is 23.5 Å². The molecule has 0 bridgehead atoms. The van der Waals surface area contributed by atoms with Crippen LogP contribution in [-0.2, 0) is 14.3 Å². The predicted octanol–water partition coefficient (Wildman–Crippen LogP) is 2.45. The first-order chi connectivity index (χ1) is 10.3. The van der Waals surface area contributed by atoms with Crippen molar-refractivity contribution in [3.63, 3.8) is 0 Å². The number of rotatable bonds is 5. The van der Waals surface area contributed by atoms with Crippen LogP contribution in [0.25, 0.3) is 10.2 Å². The highest BCUT2D eigenvalue weighted by Crippen LogP contribution is 2.30. The zero-order valence-corrected chi connectivity index (χ0v) is 12.8. The number of hydrogen-bond acceptors (Lipinski definition) is 5. The van der Waals surface area contributed by atoms with E-state index in [4.69, 9.17) is 9.47 Å². The number of benzene rings is 1. The van der Waals surface area contributed by atoms with E-state index in [1.165, 1.54) is 11.3 Å². The van der Waals surface area contributed by atoms with Gasteiger partial charge in [0.1, 0.15) is 6.10 Å². The van der Waals surface area contributed by atoms with Crippen LogP contribution in [0.3, 0.4) is 0 Å². The smallest absolute Gasteiger partial charge is 0.257 e. The Balaban J connectivity index is 1.88. The lowest BCUT2D eigenvalue weighted by molar-refractivity contribution is -0.127. The zero-order valence-electron chi connectivity index (χ0n) is 11.9. The Kier molecular flexibility index (Phi) is 4.48. The number of anilines is 1. The Labute approximate surface area is 127 Å². The second kappa shape index (κ2) is 6.51. The van der Waals surface area contributed by atoms with Crippen molar-refractivity contribution in [3.05, 3.63) is 24.3 Å². The quantitative estimate of drug-likeness (QED) is 0.851. The molecule has 0 saturated carbocycles. The number of aromatic nitrogens is 1. The van der Waals surface area contributed by atoms with E-state index in [1.54, 1.807) is 12.0 Å². The summed E-state index contributed by atoms with van der Waals surface area (Å²) in [4.78, 5) is 18.9. The number of hydrogen-bond donors (Lipinski definition) is 0. The van der Waals surface area contributed by atoms with Crippen molar-refractivity contribution in [1.82, 2.24) is 4.98 Å². The molecule has 0 radical (unpaired) electrons. The second-order valence-electron chi connectivity index (χ2n) is 4.95. The predicted molar refractivity (Wildman–Crippen MR) is 82.8 cm³/mol. The number of carbonyl (C=O) groups is 1. The monoisotopic (exact) mass is 306 g/mol. The molecule has 1 aliphatic heterocycles. The van der Waals surface area contributed by atoms with E-state index < -0.39 is 0 Å². The highest BCUT2D eigenvalue weighted by atomic mass is 32.1. The number of thiazole rings is 1. The summed E-state index contributed by atoms with van der Waals surface area (Å²) in [6, 6.07) is 7.90. The van der Waals surface area contributed by atoms with E-state index in [-0.39, 0.29) is 12.0 Å². The van der Waals surface area contributed by atoms with Crippen molar-refractivity contribution >= 4 is 32.6 Å². The molecule has 1 fully saturated rings. The van der Waals surface area contributed by atoms with Gasteiger partial charge in [-0.15, -0.1) is 0 Å². The third kappa shape index (κ3) is 3.07. The van der Waals surface area contributed by atoms with Gasteiger partial charge < -0.3 is 9.47 Å². The van der Waals surface area contributed by atoms with Gasteiger partial charge in [-0.05, 0) is 25.0 Å². The van der Waals surface area contributed by atoms with Crippen LogP contribution in [-0.4, -0.2) is 43.9 Å². The molecule has 2 heterocycles. The largest absolute Gasteiger partial charge is 0.383 e. The maximum Gasteiger partial charge on any atom is 0.257 e. The SMILES string of the molecule is COCCN(C(=O)C1CCCO1)c1nc2ccccc2s1. The fourth-order valence-corrected chi connectivity index (χ4v) is 3.40. The van der Waals surface area contributed by atoms with Crippen LogP contribution in [0.15, 0.2) is 24.3 Å². The average Bonchev–Trinajstić information content (AvgIpc) is 3.16. The van der Waals surface area contributed by atoms with Crippen LogP contribution in [0.5, 0.6) is 0 Å². The van der Waals surface area contributed by atoms with Gasteiger partial charge in [0.15, 0.2) is 5.13 Å². The molecule has 21 heavy (non-hydrogen) atoms. The second-order valence-corrected chi connectivity index (χ2v) is 5.96. The van der Waals surface area contributed by atoms with E-state index in [0.717, 1.165) is 23.1 Å². The van der Waals surface area contributed by atoms with Crippen molar-refractivity contribution in [2.75, 3.05) is 31.8 Å². The molecule has 0 aliphatic carbocycles. The van der Waals surface area contributed by atoms with Gasteiger partial charge in [-0.3, -0.25) is 9.69 Å². The molecule has 0 spiro atoms. The van der Waals surface area contributed by atoms with Gasteiger partial charge in [0.05, 0.1) is 23.4 Å². The number of fused-ring (bicyclic) bond motifs is 1. The Hall–Kier alpha value is -1.50. The first-order valence-electron chi connectivity index (χ1n) is 7.07. The van der Waals surface area contributed by atoms with E-state index >= 15 is 0 Å². The number of methoxy groups -OCH3 is 1. The number of amides is 1. The Morgan fingerprint density at radius 1 is 1.52 bits per heavy atom. The lowest BCUT2D eigenvalue weighted by atomic mass is 10.2. The third-order valence-corrected chi connectivity index (χ3v) is 4.56. The molecule has 6 heteroatoms. The molecule has 1 amide bonds. The van der Waals surface area contributed by atoms with Gasteiger partial charge >= 0.3 is 0 Å². The molecule has 2 aromatic rings. The number of para-hydroxylation sites is 1. The minimum atomic E-state index is -0.339. The molecular formula is C15H18N2O3S. The standard InChI is InChI=1S/C15H18N2O3S/c1-19-10-8-17(14(18)12-6-4-9-20-12)15-16-11-5-2-3-7-13(11)21-15/h2-3,5,7,12H,4,6,8-10H2,1H3. The number of carbonyl (C=O) groups excluding carboxylic acids is 1. The molecule has 1 aliphatic rings. The third-order valence-electron chi connectivity index (χ3n) is 3.50. The van der Waals surface area contributed by atoms with Gasteiger partial charge in [-0.2, -0.15) is 0 Å². The van der Waals surface area contributed by atoms with Crippen molar-refractivity contribution < 1.29 is 14.3 Å². The van der Waals surface area contributed by atoms with Crippen LogP contribution in [0.4, 0.5) is 5.13 Å². The molecule has 1 saturated heterocycles. The highest BCUT2D eigenvalue weighted by Gasteiger charge is 2.30. The van der Waals surface area contributed by atoms with E-state index in [2.05, 4.69) is 4.98 Å². The Morgan fingerprint density at radius 3 is 3.10 bits per heavy atom. The lowest BCUT2D eigenvalue weighted by Gasteiger charge is -2.22. The van der Waals surface area contributed by atoms with Crippen LogP contribution in [0.1, 0.15) is 12.8 Å². The van der Waals surface area contributed by atoms with Gasteiger partial charge in [-0.25, -0.2) is 4.98 Å². The summed E-state index contributed by atoms with van der Waals surface area (Å²) in [6.45, 7) is 1.64. The molecule has 1 aromatic carbocycles. The summed E-state index contributed by atoms with van der Waals surface area (Å²) < 4.78 is 11.7. The number of nitrogens with zero attached hydrogens (tertiary/aromatic N) is 2. The van der Waals surface area contributed by atoms with Crippen LogP contribution >= 0.6 is 11.3 Å². The first kappa shape index (κ1) is 14.4. The van der Waals surface area contributed by atoms with E-state index in [9.17, 15) is 4.79 Å². The maximum atomic E-state index is 12.6. The molecule has 1 atom stereocenters. The topological polar surface area (TPSA) is 51.7 Å². The molecule has 0 N–H and O–H groups in total. The molecule has 112 valence electrons.